The minimum atomic E-state index is -0.199. The zero-order valence-corrected chi connectivity index (χ0v) is 18.9. The molecule has 2 atom stereocenters. The van der Waals surface area contributed by atoms with Crippen molar-refractivity contribution in [2.75, 3.05) is 49.6 Å². The van der Waals surface area contributed by atoms with E-state index in [9.17, 15) is 4.79 Å². The third-order valence-electron chi connectivity index (χ3n) is 6.72. The van der Waals surface area contributed by atoms with Gasteiger partial charge < -0.3 is 20.3 Å². The summed E-state index contributed by atoms with van der Waals surface area (Å²) in [5.74, 6) is 1.84. The average molecular weight is 437 g/mol. The lowest BCUT2D eigenvalue weighted by atomic mass is 9.97. The molecule has 1 unspecified atom stereocenters. The number of carbonyl (C=O) groups excluding carboxylic acids is 1. The second-order valence-corrected chi connectivity index (χ2v) is 8.86. The summed E-state index contributed by atoms with van der Waals surface area (Å²) < 4.78 is 5.69. The number of rotatable bonds is 4. The summed E-state index contributed by atoms with van der Waals surface area (Å²) >= 11 is 0. The van der Waals surface area contributed by atoms with Crippen molar-refractivity contribution in [1.82, 2.24) is 20.2 Å². The maximum absolute atomic E-state index is 11.8. The van der Waals surface area contributed by atoms with Crippen molar-refractivity contribution in [2.24, 2.45) is 0 Å². The number of hydrogen-bond acceptors (Lipinski definition) is 6. The fraction of sp³-hybridized carbons (Fsp3) is 0.542. The van der Waals surface area contributed by atoms with Crippen molar-refractivity contribution >= 4 is 17.5 Å². The molecule has 1 aromatic heterocycles. The average Bonchev–Trinajstić information content (AvgIpc) is 3.29. The molecule has 0 saturated carbocycles. The number of urea groups is 1. The van der Waals surface area contributed by atoms with E-state index < -0.39 is 0 Å². The van der Waals surface area contributed by atoms with Gasteiger partial charge in [0.1, 0.15) is 5.82 Å². The molecule has 0 spiro atoms. The summed E-state index contributed by atoms with van der Waals surface area (Å²) in [7, 11) is 0. The lowest BCUT2D eigenvalue weighted by Crippen LogP contribution is -2.45. The Balaban J connectivity index is 1.52. The Kier molecular flexibility index (Phi) is 5.97. The highest BCUT2D eigenvalue weighted by Crippen LogP contribution is 2.41. The molecule has 5 rings (SSSR count). The molecule has 3 aliphatic rings. The molecule has 0 bridgehead atoms. The van der Waals surface area contributed by atoms with Crippen molar-refractivity contribution < 1.29 is 9.53 Å². The van der Waals surface area contributed by atoms with Gasteiger partial charge in [-0.05, 0) is 63.9 Å². The molecule has 8 nitrogen and oxygen atoms in total. The Morgan fingerprint density at radius 1 is 1.19 bits per heavy atom. The Labute approximate surface area is 189 Å². The van der Waals surface area contributed by atoms with Crippen molar-refractivity contribution in [3.8, 4) is 11.4 Å². The molecule has 2 amide bonds. The summed E-state index contributed by atoms with van der Waals surface area (Å²) in [6.07, 6.45) is 3.39. The number of benzene rings is 1. The Bertz CT molecular complexity index is 979. The van der Waals surface area contributed by atoms with Crippen LogP contribution in [0.15, 0.2) is 24.3 Å². The molecule has 4 heterocycles. The molecule has 8 heteroatoms. The smallest absolute Gasteiger partial charge is 0.319 e. The van der Waals surface area contributed by atoms with Gasteiger partial charge in [-0.3, -0.25) is 4.90 Å². The number of amides is 2. The standard InChI is InChI=1S/C24H32N6O2/c1-3-25-24(31)26-18-8-6-17(7-9-18)22-27-21-19(10-12-29-11-4-5-20(21)29)23(28-22)30-13-14-32-15-16(30)2/h6-9,16,20H,3-5,10-15H2,1-2H3,(H2,25,26,31)/t16-,20?/m0/s1. The molecule has 2 aromatic rings. The van der Waals surface area contributed by atoms with E-state index in [1.54, 1.807) is 0 Å². The molecule has 32 heavy (non-hydrogen) atoms. The summed E-state index contributed by atoms with van der Waals surface area (Å²) in [6, 6.07) is 8.29. The summed E-state index contributed by atoms with van der Waals surface area (Å²) in [5, 5.41) is 5.60. The summed E-state index contributed by atoms with van der Waals surface area (Å²) in [5.41, 5.74) is 4.24. The van der Waals surface area contributed by atoms with Gasteiger partial charge in [-0.25, -0.2) is 14.8 Å². The van der Waals surface area contributed by atoms with Gasteiger partial charge in [0.25, 0.3) is 0 Å². The lowest BCUT2D eigenvalue weighted by Gasteiger charge is -2.38. The van der Waals surface area contributed by atoms with E-state index in [0.29, 0.717) is 18.6 Å². The monoisotopic (exact) mass is 436 g/mol. The molecule has 2 N–H and O–H groups in total. The minimum Gasteiger partial charge on any atom is -0.377 e. The van der Waals surface area contributed by atoms with Crippen LogP contribution in [-0.2, 0) is 11.2 Å². The number of morpholine rings is 1. The molecule has 2 saturated heterocycles. The van der Waals surface area contributed by atoms with Crippen LogP contribution in [0, 0.1) is 0 Å². The van der Waals surface area contributed by atoms with Crippen LogP contribution in [0.2, 0.25) is 0 Å². The topological polar surface area (TPSA) is 82.6 Å². The van der Waals surface area contributed by atoms with Crippen LogP contribution in [0.1, 0.15) is 44.0 Å². The van der Waals surface area contributed by atoms with Crippen LogP contribution >= 0.6 is 0 Å². The molecule has 0 radical (unpaired) electrons. The Hall–Kier alpha value is -2.71. The van der Waals surface area contributed by atoms with Gasteiger partial charge in [0.2, 0.25) is 0 Å². The van der Waals surface area contributed by atoms with Crippen LogP contribution in [0.5, 0.6) is 0 Å². The predicted molar refractivity (Wildman–Crippen MR) is 125 cm³/mol. The van der Waals surface area contributed by atoms with Crippen LogP contribution < -0.4 is 15.5 Å². The van der Waals surface area contributed by atoms with Gasteiger partial charge in [-0.1, -0.05) is 0 Å². The number of ether oxygens (including phenoxy) is 1. The first-order valence-corrected chi connectivity index (χ1v) is 11.8. The van der Waals surface area contributed by atoms with E-state index in [4.69, 9.17) is 14.7 Å². The van der Waals surface area contributed by atoms with Crippen LogP contribution in [-0.4, -0.2) is 66.3 Å². The second-order valence-electron chi connectivity index (χ2n) is 8.86. The number of nitrogens with zero attached hydrogens (tertiary/aromatic N) is 4. The highest BCUT2D eigenvalue weighted by atomic mass is 16.5. The first-order valence-electron chi connectivity index (χ1n) is 11.8. The van der Waals surface area contributed by atoms with Crippen molar-refractivity contribution in [2.45, 2.75) is 45.2 Å². The Morgan fingerprint density at radius 3 is 2.81 bits per heavy atom. The van der Waals surface area contributed by atoms with E-state index in [1.165, 1.54) is 17.7 Å². The van der Waals surface area contributed by atoms with Crippen LogP contribution in [0.4, 0.5) is 16.3 Å². The molecule has 170 valence electrons. The van der Waals surface area contributed by atoms with Crippen molar-refractivity contribution in [3.63, 3.8) is 0 Å². The van der Waals surface area contributed by atoms with Gasteiger partial charge in [0, 0.05) is 36.4 Å². The van der Waals surface area contributed by atoms with E-state index in [1.807, 2.05) is 31.2 Å². The Morgan fingerprint density at radius 2 is 2.03 bits per heavy atom. The van der Waals surface area contributed by atoms with E-state index in [-0.39, 0.29) is 6.03 Å². The molecule has 1 aromatic carbocycles. The fourth-order valence-electron chi connectivity index (χ4n) is 5.11. The zero-order valence-electron chi connectivity index (χ0n) is 18.9. The molecule has 0 aliphatic carbocycles. The van der Waals surface area contributed by atoms with E-state index in [2.05, 4.69) is 27.4 Å². The fourth-order valence-corrected chi connectivity index (χ4v) is 5.11. The highest BCUT2D eigenvalue weighted by molar-refractivity contribution is 5.89. The normalized spacial score (nSPS) is 22.9. The zero-order chi connectivity index (χ0) is 22.1. The lowest BCUT2D eigenvalue weighted by molar-refractivity contribution is 0.0983. The number of anilines is 2. The number of fused-ring (bicyclic) bond motifs is 3. The SMILES string of the molecule is CCNC(=O)Nc1ccc(-c2nc3c(c(N4CCOC[C@@H]4C)n2)CCN2CCCC32)cc1. The van der Waals surface area contributed by atoms with Gasteiger partial charge in [0.15, 0.2) is 5.82 Å². The number of hydrogen-bond donors (Lipinski definition) is 2. The van der Waals surface area contributed by atoms with Gasteiger partial charge >= 0.3 is 6.03 Å². The highest BCUT2D eigenvalue weighted by Gasteiger charge is 2.36. The van der Waals surface area contributed by atoms with Crippen LogP contribution in [0.3, 0.4) is 0 Å². The number of aromatic nitrogens is 2. The maximum atomic E-state index is 11.8. The quantitative estimate of drug-likeness (QED) is 0.766. The van der Waals surface area contributed by atoms with E-state index >= 15 is 0 Å². The van der Waals surface area contributed by atoms with Crippen molar-refractivity contribution in [1.29, 1.82) is 0 Å². The van der Waals surface area contributed by atoms with Gasteiger partial charge in [-0.15, -0.1) is 0 Å². The molecule has 3 aliphatic heterocycles. The van der Waals surface area contributed by atoms with Gasteiger partial charge in [0.05, 0.1) is 31.0 Å². The third-order valence-corrected chi connectivity index (χ3v) is 6.72. The first-order chi connectivity index (χ1) is 15.6. The second kappa shape index (κ2) is 9.03. The van der Waals surface area contributed by atoms with Gasteiger partial charge in [-0.2, -0.15) is 0 Å². The van der Waals surface area contributed by atoms with Crippen LogP contribution in [0.25, 0.3) is 11.4 Å². The number of nitrogens with one attached hydrogen (secondary N) is 2. The minimum absolute atomic E-state index is 0.199. The molecule has 2 fully saturated rings. The third kappa shape index (κ3) is 4.04. The molecular formula is C24H32N6O2. The maximum Gasteiger partial charge on any atom is 0.319 e. The predicted octanol–water partition coefficient (Wildman–Crippen LogP) is 3.20. The largest absolute Gasteiger partial charge is 0.377 e. The molecular weight excluding hydrogens is 404 g/mol. The summed E-state index contributed by atoms with van der Waals surface area (Å²) in [6.45, 7) is 9.26. The van der Waals surface area contributed by atoms with E-state index in [0.717, 1.165) is 68.6 Å². The number of carbonyl (C=O) groups is 1. The first kappa shape index (κ1) is 21.2. The summed E-state index contributed by atoms with van der Waals surface area (Å²) in [4.78, 5) is 27.0. The van der Waals surface area contributed by atoms with Crippen molar-refractivity contribution in [3.05, 3.63) is 35.5 Å².